The number of aryl methyl sites for hydroxylation is 1. The molecule has 0 saturated carbocycles. The van der Waals surface area contributed by atoms with E-state index < -0.39 is 11.5 Å². The molecule has 1 amide bonds. The summed E-state index contributed by atoms with van der Waals surface area (Å²) in [4.78, 5) is 24.7. The van der Waals surface area contributed by atoms with Gasteiger partial charge in [0, 0.05) is 18.4 Å². The monoisotopic (exact) mass is 382 g/mol. The molecule has 1 aliphatic rings. The summed E-state index contributed by atoms with van der Waals surface area (Å²) in [6.45, 7) is 1.75. The number of hydrogen-bond donors (Lipinski definition) is 1. The Labute approximate surface area is 160 Å². The van der Waals surface area contributed by atoms with Crippen LogP contribution in [0, 0.1) is 18.3 Å². The number of hydrazone groups is 1. The molecule has 0 bridgehead atoms. The minimum Gasteiger partial charge on any atom is -0.454 e. The van der Waals surface area contributed by atoms with Gasteiger partial charge in [-0.3, -0.25) is 9.59 Å². The zero-order valence-electron chi connectivity index (χ0n) is 15.4. The van der Waals surface area contributed by atoms with E-state index >= 15 is 0 Å². The number of pyridine rings is 1. The largest absolute Gasteiger partial charge is 0.454 e. The molecule has 0 spiro atoms. The Balaban J connectivity index is 1.70. The second-order valence-electron chi connectivity index (χ2n) is 6.03. The Kier molecular flexibility index (Phi) is 5.72. The van der Waals surface area contributed by atoms with Crippen molar-refractivity contribution in [1.82, 2.24) is 9.99 Å². The van der Waals surface area contributed by atoms with Gasteiger partial charge in [0.2, 0.25) is 6.79 Å². The lowest BCUT2D eigenvalue weighted by Gasteiger charge is -2.12. The van der Waals surface area contributed by atoms with Gasteiger partial charge in [0.05, 0.1) is 12.8 Å². The first-order valence-electron chi connectivity index (χ1n) is 8.37. The van der Waals surface area contributed by atoms with E-state index in [1.54, 1.807) is 31.2 Å². The van der Waals surface area contributed by atoms with Crippen LogP contribution in [0.1, 0.15) is 22.4 Å². The molecule has 0 saturated heterocycles. The van der Waals surface area contributed by atoms with Crippen LogP contribution in [0.25, 0.3) is 0 Å². The maximum absolute atomic E-state index is 12.5. The molecule has 28 heavy (non-hydrogen) atoms. The second kappa shape index (κ2) is 8.37. The summed E-state index contributed by atoms with van der Waals surface area (Å²) >= 11 is 0. The lowest BCUT2D eigenvalue weighted by Crippen LogP contribution is -2.33. The predicted molar refractivity (Wildman–Crippen MR) is 99.2 cm³/mol. The fourth-order valence-electron chi connectivity index (χ4n) is 2.77. The second-order valence-corrected chi connectivity index (χ2v) is 6.03. The number of hydrogen-bond acceptors (Lipinski definition) is 7. The first-order valence-corrected chi connectivity index (χ1v) is 8.37. The number of fused-ring (bicyclic) bond motifs is 1. The number of nitriles is 1. The molecule has 1 aromatic carbocycles. The number of ether oxygens (including phenoxy) is 3. The summed E-state index contributed by atoms with van der Waals surface area (Å²) in [5.41, 5.74) is 3.55. The fourth-order valence-corrected chi connectivity index (χ4v) is 2.77. The number of carbonyl (C=O) groups excluding carboxylic acids is 1. The number of aromatic nitrogens is 1. The van der Waals surface area contributed by atoms with Crippen molar-refractivity contribution in [2.75, 3.05) is 13.9 Å². The molecular weight excluding hydrogens is 364 g/mol. The van der Waals surface area contributed by atoms with E-state index in [1.807, 2.05) is 6.07 Å². The first-order chi connectivity index (χ1) is 13.5. The van der Waals surface area contributed by atoms with Gasteiger partial charge in [-0.15, -0.1) is 0 Å². The van der Waals surface area contributed by atoms with Crippen LogP contribution in [0.5, 0.6) is 11.5 Å². The van der Waals surface area contributed by atoms with Crippen LogP contribution in [0.2, 0.25) is 0 Å². The minimum atomic E-state index is -0.538. The summed E-state index contributed by atoms with van der Waals surface area (Å²) in [7, 11) is 1.48. The SMILES string of the molecule is COCc1cc(C)n(CC(=O)N/N=C/c2ccc3c(c2)OCO3)c(=O)c1C#N. The molecular formula is C19H18N4O5. The van der Waals surface area contributed by atoms with E-state index in [1.165, 1.54) is 17.9 Å². The molecule has 1 aromatic heterocycles. The zero-order valence-corrected chi connectivity index (χ0v) is 15.4. The average molecular weight is 382 g/mol. The Hall–Kier alpha value is -3.64. The normalized spacial score (nSPS) is 12.2. The van der Waals surface area contributed by atoms with E-state index in [9.17, 15) is 14.9 Å². The van der Waals surface area contributed by atoms with Crippen molar-refractivity contribution in [3.63, 3.8) is 0 Å². The number of rotatable bonds is 6. The standard InChI is InChI=1S/C19H18N4O5/c1-12-5-14(10-26-2)15(7-20)19(25)23(12)9-18(24)22-21-8-13-3-4-16-17(6-13)28-11-27-16/h3-6,8H,9-11H2,1-2H3,(H,22,24)/b21-8+. The van der Waals surface area contributed by atoms with Gasteiger partial charge in [0.25, 0.3) is 11.5 Å². The molecule has 144 valence electrons. The third-order valence-corrected chi connectivity index (χ3v) is 4.10. The number of benzene rings is 1. The quantitative estimate of drug-likeness (QED) is 0.590. The van der Waals surface area contributed by atoms with Crippen LogP contribution in [-0.2, 0) is 22.7 Å². The van der Waals surface area contributed by atoms with Crippen molar-refractivity contribution < 1.29 is 19.0 Å². The topological polar surface area (TPSA) is 115 Å². The van der Waals surface area contributed by atoms with E-state index in [2.05, 4.69) is 10.5 Å². The molecule has 0 aliphatic carbocycles. The lowest BCUT2D eigenvalue weighted by atomic mass is 10.1. The average Bonchev–Trinajstić information content (AvgIpc) is 3.13. The van der Waals surface area contributed by atoms with Crippen LogP contribution in [0.4, 0.5) is 0 Å². The minimum absolute atomic E-state index is 0.0379. The molecule has 1 N–H and O–H groups in total. The molecule has 1 aliphatic heterocycles. The van der Waals surface area contributed by atoms with E-state index in [0.29, 0.717) is 28.3 Å². The third-order valence-electron chi connectivity index (χ3n) is 4.10. The van der Waals surface area contributed by atoms with E-state index in [0.717, 1.165) is 0 Å². The number of carbonyl (C=O) groups is 1. The van der Waals surface area contributed by atoms with Crippen LogP contribution in [-0.4, -0.2) is 30.6 Å². The Morgan fingerprint density at radius 3 is 2.93 bits per heavy atom. The molecule has 3 rings (SSSR count). The first kappa shape index (κ1) is 19.1. The van der Waals surface area contributed by atoms with Gasteiger partial charge in [-0.05, 0) is 36.8 Å². The smallest absolute Gasteiger partial charge is 0.269 e. The van der Waals surface area contributed by atoms with Gasteiger partial charge in [0.15, 0.2) is 11.5 Å². The molecule has 2 heterocycles. The van der Waals surface area contributed by atoms with Crippen molar-refractivity contribution in [3.05, 3.63) is 57.0 Å². The van der Waals surface area contributed by atoms with Crippen molar-refractivity contribution in [3.8, 4) is 17.6 Å². The highest BCUT2D eigenvalue weighted by atomic mass is 16.7. The molecule has 0 radical (unpaired) electrons. The molecule has 9 heteroatoms. The van der Waals surface area contributed by atoms with E-state index in [-0.39, 0.29) is 25.5 Å². The number of nitrogens with zero attached hydrogens (tertiary/aromatic N) is 3. The molecule has 0 atom stereocenters. The third kappa shape index (κ3) is 4.02. The molecule has 9 nitrogen and oxygen atoms in total. The Morgan fingerprint density at radius 2 is 2.18 bits per heavy atom. The highest BCUT2D eigenvalue weighted by molar-refractivity contribution is 5.83. The molecule has 2 aromatic rings. The number of methoxy groups -OCH3 is 1. The summed E-state index contributed by atoms with van der Waals surface area (Å²) < 4.78 is 16.7. The van der Waals surface area contributed by atoms with Crippen LogP contribution >= 0.6 is 0 Å². The van der Waals surface area contributed by atoms with Gasteiger partial charge in [0.1, 0.15) is 18.2 Å². The van der Waals surface area contributed by atoms with Crippen LogP contribution < -0.4 is 20.5 Å². The highest BCUT2D eigenvalue weighted by Gasteiger charge is 2.15. The predicted octanol–water partition coefficient (Wildman–Crippen LogP) is 1.05. The highest BCUT2D eigenvalue weighted by Crippen LogP contribution is 2.31. The van der Waals surface area contributed by atoms with Gasteiger partial charge in [-0.2, -0.15) is 10.4 Å². The Morgan fingerprint density at radius 1 is 1.39 bits per heavy atom. The summed E-state index contributed by atoms with van der Waals surface area (Å²) in [6, 6.07) is 8.79. The number of amides is 1. The lowest BCUT2D eigenvalue weighted by molar-refractivity contribution is -0.121. The molecule has 0 unspecified atom stereocenters. The van der Waals surface area contributed by atoms with Gasteiger partial charge < -0.3 is 18.8 Å². The maximum Gasteiger partial charge on any atom is 0.269 e. The van der Waals surface area contributed by atoms with Crippen molar-refractivity contribution in [2.45, 2.75) is 20.1 Å². The Bertz CT molecular complexity index is 1040. The summed E-state index contributed by atoms with van der Waals surface area (Å²) in [6.07, 6.45) is 1.46. The summed E-state index contributed by atoms with van der Waals surface area (Å²) in [5, 5.41) is 13.1. The van der Waals surface area contributed by atoms with Crippen molar-refractivity contribution >= 4 is 12.1 Å². The van der Waals surface area contributed by atoms with Gasteiger partial charge >= 0.3 is 0 Å². The summed E-state index contributed by atoms with van der Waals surface area (Å²) in [5.74, 6) is 0.768. The number of nitrogens with one attached hydrogen (secondary N) is 1. The fraction of sp³-hybridized carbons (Fsp3) is 0.263. The van der Waals surface area contributed by atoms with Crippen molar-refractivity contribution in [1.29, 1.82) is 5.26 Å². The van der Waals surface area contributed by atoms with Crippen LogP contribution in [0.15, 0.2) is 34.2 Å². The molecule has 0 fully saturated rings. The van der Waals surface area contributed by atoms with Crippen LogP contribution in [0.3, 0.4) is 0 Å². The van der Waals surface area contributed by atoms with Gasteiger partial charge in [-0.1, -0.05) is 0 Å². The van der Waals surface area contributed by atoms with Crippen molar-refractivity contribution in [2.24, 2.45) is 5.10 Å². The maximum atomic E-state index is 12.5. The van der Waals surface area contributed by atoms with E-state index in [4.69, 9.17) is 14.2 Å². The zero-order chi connectivity index (χ0) is 20.1. The van der Waals surface area contributed by atoms with Gasteiger partial charge in [-0.25, -0.2) is 5.43 Å².